The van der Waals surface area contributed by atoms with Crippen LogP contribution in [0.5, 0.6) is 0 Å². The first-order valence-electron chi connectivity index (χ1n) is 9.40. The Morgan fingerprint density at radius 2 is 1.89 bits per heavy atom. The summed E-state index contributed by atoms with van der Waals surface area (Å²) in [5, 5.41) is 24.6. The topological polar surface area (TPSA) is 81.5 Å². The van der Waals surface area contributed by atoms with Crippen molar-refractivity contribution in [2.24, 2.45) is 13.0 Å². The number of hydrogen-bond acceptors (Lipinski definition) is 4. The quantitative estimate of drug-likeness (QED) is 0.694. The lowest BCUT2D eigenvalue weighted by Gasteiger charge is -2.45. The van der Waals surface area contributed by atoms with Gasteiger partial charge in [0.2, 0.25) is 0 Å². The molecule has 6 heteroatoms. The molecule has 1 aliphatic carbocycles. The number of aromatic amines is 1. The largest absolute Gasteiger partial charge is 0.392 e. The van der Waals surface area contributed by atoms with Crippen molar-refractivity contribution in [3.05, 3.63) is 63.2 Å². The van der Waals surface area contributed by atoms with Crippen LogP contribution < -0.4 is 10.5 Å². The van der Waals surface area contributed by atoms with Crippen LogP contribution in [0.1, 0.15) is 36.6 Å². The van der Waals surface area contributed by atoms with E-state index in [9.17, 15) is 15.0 Å². The number of allylic oxidation sites excluding steroid dienone is 1. The van der Waals surface area contributed by atoms with Crippen LogP contribution in [0, 0.1) is 25.3 Å². The highest BCUT2D eigenvalue weighted by Crippen LogP contribution is 2.50. The number of nitrogens with one attached hydrogen (secondary N) is 1. The van der Waals surface area contributed by atoms with E-state index in [0.29, 0.717) is 11.3 Å². The number of anilines is 1. The average molecular weight is 379 g/mol. The van der Waals surface area contributed by atoms with Gasteiger partial charge in [-0.15, -0.1) is 0 Å². The summed E-state index contributed by atoms with van der Waals surface area (Å²) in [6.07, 6.45) is 5.95. The maximum atomic E-state index is 12.4. The molecule has 0 radical (unpaired) electrons. The first-order chi connectivity index (χ1) is 13.2. The number of aliphatic hydroxyl groups is 2. The number of fused-ring (bicyclic) bond motifs is 1. The van der Waals surface area contributed by atoms with Gasteiger partial charge in [0.1, 0.15) is 0 Å². The molecule has 3 N–H and O–H groups in total. The van der Waals surface area contributed by atoms with Gasteiger partial charge in [-0.1, -0.05) is 44.5 Å². The first kappa shape index (κ1) is 18.6. The molecule has 146 valence electrons. The highest BCUT2D eigenvalue weighted by atomic mass is 16.3. The Labute approximate surface area is 164 Å². The van der Waals surface area contributed by atoms with Crippen molar-refractivity contribution in [1.82, 2.24) is 9.78 Å². The Kier molecular flexibility index (Phi) is 4.07. The molecule has 28 heavy (non-hydrogen) atoms. The molecule has 1 aromatic carbocycles. The molecule has 2 unspecified atom stereocenters. The minimum Gasteiger partial charge on any atom is -0.392 e. The SMILES string of the molecule is C#CN1C(=CC2C(O)C(c3c(C)[nH]n(C)c3=O)C2O)C(C)(C)c2ccccc21. The third kappa shape index (κ3) is 2.33. The maximum Gasteiger partial charge on any atom is 0.270 e. The lowest BCUT2D eigenvalue weighted by molar-refractivity contribution is -0.0952. The number of aliphatic hydroxyl groups excluding tert-OH is 2. The standard InChI is InChI=1S/C22H25N3O3/c1-6-25-15-10-8-7-9-14(15)22(3,4)16(25)11-13-19(26)18(20(13)27)17-12(2)23-24(5)21(17)28/h1,7-11,13,18-20,23,26-27H,2-5H3. The molecule has 0 bridgehead atoms. The third-order valence-electron chi connectivity index (χ3n) is 6.31. The zero-order valence-electron chi connectivity index (χ0n) is 16.5. The molecule has 0 saturated heterocycles. The van der Waals surface area contributed by atoms with E-state index < -0.39 is 24.0 Å². The second-order valence-corrected chi connectivity index (χ2v) is 8.26. The van der Waals surface area contributed by atoms with Crippen LogP contribution in [-0.2, 0) is 12.5 Å². The Morgan fingerprint density at radius 1 is 1.25 bits per heavy atom. The lowest BCUT2D eigenvalue weighted by atomic mass is 9.65. The number of H-pyrrole nitrogens is 1. The van der Waals surface area contributed by atoms with Gasteiger partial charge < -0.3 is 10.2 Å². The van der Waals surface area contributed by atoms with Gasteiger partial charge in [0, 0.05) is 47.3 Å². The number of rotatable bonds is 2. The number of para-hydroxylation sites is 1. The number of benzene rings is 1. The van der Waals surface area contributed by atoms with Crippen LogP contribution in [0.3, 0.4) is 0 Å². The first-order valence-corrected chi connectivity index (χ1v) is 9.40. The number of aryl methyl sites for hydroxylation is 2. The Bertz CT molecular complexity index is 1060. The zero-order valence-corrected chi connectivity index (χ0v) is 16.5. The van der Waals surface area contributed by atoms with Crippen LogP contribution in [0.4, 0.5) is 5.69 Å². The average Bonchev–Trinajstić information content (AvgIpc) is 3.04. The monoisotopic (exact) mass is 379 g/mol. The van der Waals surface area contributed by atoms with Crippen molar-refractivity contribution in [1.29, 1.82) is 0 Å². The number of aromatic nitrogens is 2. The van der Waals surface area contributed by atoms with Crippen molar-refractivity contribution in [3.63, 3.8) is 0 Å². The fraction of sp³-hybridized carbons (Fsp3) is 0.409. The maximum absolute atomic E-state index is 12.4. The number of hydrogen-bond donors (Lipinski definition) is 3. The summed E-state index contributed by atoms with van der Waals surface area (Å²) in [6.45, 7) is 5.94. The van der Waals surface area contributed by atoms with Crippen LogP contribution >= 0.6 is 0 Å². The van der Waals surface area contributed by atoms with Gasteiger partial charge >= 0.3 is 0 Å². The summed E-state index contributed by atoms with van der Waals surface area (Å²) in [5.74, 6) is -1.11. The molecule has 2 aliphatic rings. The fourth-order valence-electron chi connectivity index (χ4n) is 4.72. The predicted octanol–water partition coefficient (Wildman–Crippen LogP) is 1.73. The summed E-state index contributed by atoms with van der Waals surface area (Å²) < 4.78 is 1.37. The van der Waals surface area contributed by atoms with Gasteiger partial charge in [-0.25, -0.2) is 0 Å². The summed E-state index contributed by atoms with van der Waals surface area (Å²) >= 11 is 0. The highest BCUT2D eigenvalue weighted by Gasteiger charge is 2.52. The van der Waals surface area contributed by atoms with E-state index in [4.69, 9.17) is 6.42 Å². The van der Waals surface area contributed by atoms with Crippen LogP contribution in [-0.4, -0.2) is 32.2 Å². The van der Waals surface area contributed by atoms with Crippen molar-refractivity contribution in [3.8, 4) is 12.5 Å². The molecule has 1 aliphatic heterocycles. The van der Waals surface area contributed by atoms with E-state index >= 15 is 0 Å². The summed E-state index contributed by atoms with van der Waals surface area (Å²) in [7, 11) is 1.62. The smallest absolute Gasteiger partial charge is 0.270 e. The fourth-order valence-corrected chi connectivity index (χ4v) is 4.72. The van der Waals surface area contributed by atoms with Crippen molar-refractivity contribution >= 4 is 5.69 Å². The lowest BCUT2D eigenvalue weighted by Crippen LogP contribution is -2.54. The van der Waals surface area contributed by atoms with Gasteiger partial charge in [0.25, 0.3) is 5.56 Å². The summed E-state index contributed by atoms with van der Waals surface area (Å²) in [5.41, 5.74) is 3.45. The Morgan fingerprint density at radius 3 is 2.46 bits per heavy atom. The molecule has 2 aromatic rings. The third-order valence-corrected chi connectivity index (χ3v) is 6.31. The van der Waals surface area contributed by atoms with Crippen molar-refractivity contribution in [2.45, 2.75) is 44.3 Å². The van der Waals surface area contributed by atoms with Gasteiger partial charge in [-0.05, 0) is 18.6 Å². The second-order valence-electron chi connectivity index (χ2n) is 8.26. The molecule has 0 spiro atoms. The minimum atomic E-state index is -0.858. The number of terminal acetylenes is 1. The molecule has 0 amide bonds. The molecular formula is C22H25N3O3. The van der Waals surface area contributed by atoms with Crippen molar-refractivity contribution in [2.75, 3.05) is 4.90 Å². The second kappa shape index (κ2) is 6.13. The highest BCUT2D eigenvalue weighted by molar-refractivity contribution is 5.73. The molecule has 6 nitrogen and oxygen atoms in total. The van der Waals surface area contributed by atoms with E-state index in [1.54, 1.807) is 18.9 Å². The molecular weight excluding hydrogens is 354 g/mol. The summed E-state index contributed by atoms with van der Waals surface area (Å²) in [4.78, 5) is 14.2. The number of nitrogens with zero attached hydrogens (tertiary/aromatic N) is 2. The van der Waals surface area contributed by atoms with Gasteiger partial charge in [0.05, 0.1) is 17.9 Å². The zero-order chi connectivity index (χ0) is 20.4. The van der Waals surface area contributed by atoms with E-state index in [0.717, 1.165) is 16.9 Å². The normalized spacial score (nSPS) is 29.5. The minimum absolute atomic E-state index is 0.217. The van der Waals surface area contributed by atoms with Gasteiger partial charge in [-0.2, -0.15) is 0 Å². The van der Waals surface area contributed by atoms with E-state index in [-0.39, 0.29) is 11.0 Å². The van der Waals surface area contributed by atoms with Crippen LogP contribution in [0.15, 0.2) is 40.8 Å². The molecule has 2 heterocycles. The van der Waals surface area contributed by atoms with Gasteiger partial charge in [-0.3, -0.25) is 19.5 Å². The Balaban J connectivity index is 1.71. The van der Waals surface area contributed by atoms with Gasteiger partial charge in [0.15, 0.2) is 0 Å². The van der Waals surface area contributed by atoms with E-state index in [2.05, 4.69) is 25.0 Å². The molecule has 4 rings (SSSR count). The van der Waals surface area contributed by atoms with E-state index in [1.807, 2.05) is 30.3 Å². The van der Waals surface area contributed by atoms with Crippen LogP contribution in [0.2, 0.25) is 0 Å². The van der Waals surface area contributed by atoms with Crippen molar-refractivity contribution < 1.29 is 10.2 Å². The molecule has 2 atom stereocenters. The predicted molar refractivity (Wildman–Crippen MR) is 108 cm³/mol. The molecule has 1 aromatic heterocycles. The Hall–Kier alpha value is -2.75. The molecule has 1 saturated carbocycles. The summed E-state index contributed by atoms with van der Waals surface area (Å²) in [6, 6.07) is 10.7. The van der Waals surface area contributed by atoms with Crippen LogP contribution in [0.25, 0.3) is 0 Å². The van der Waals surface area contributed by atoms with E-state index in [1.165, 1.54) is 4.68 Å². The molecule has 1 fully saturated rings.